The predicted octanol–water partition coefficient (Wildman–Crippen LogP) is 1.53. The van der Waals surface area contributed by atoms with Crippen LogP contribution in [0.25, 0.3) is 0 Å². The molecule has 0 aromatic carbocycles. The Labute approximate surface area is 100 Å². The van der Waals surface area contributed by atoms with E-state index in [1.165, 1.54) is 6.92 Å². The van der Waals surface area contributed by atoms with Gasteiger partial charge in [-0.15, -0.1) is 0 Å². The highest BCUT2D eigenvalue weighted by Crippen LogP contribution is 2.23. The lowest BCUT2D eigenvalue weighted by molar-refractivity contribution is -0.138. The van der Waals surface area contributed by atoms with Gasteiger partial charge in [0.1, 0.15) is 18.0 Å². The molecule has 94 valence electrons. The number of aryl methyl sites for hydroxylation is 1. The summed E-state index contributed by atoms with van der Waals surface area (Å²) in [5.41, 5.74) is 0.749. The molecule has 0 aliphatic rings. The molecule has 0 saturated heterocycles. The SMILES string of the molecule is CC(=O)CC(=O)Oc1oc(CN(C)C)cc1C. The maximum Gasteiger partial charge on any atom is 0.321 e. The highest BCUT2D eigenvalue weighted by molar-refractivity contribution is 5.94. The van der Waals surface area contributed by atoms with Gasteiger partial charge in [-0.05, 0) is 34.0 Å². The Bertz CT molecular complexity index is 420. The average Bonchev–Trinajstić information content (AvgIpc) is 2.43. The van der Waals surface area contributed by atoms with E-state index < -0.39 is 5.97 Å². The highest BCUT2D eigenvalue weighted by Gasteiger charge is 2.14. The van der Waals surface area contributed by atoms with Gasteiger partial charge in [0.15, 0.2) is 0 Å². The minimum Gasteiger partial charge on any atom is -0.429 e. The Hall–Kier alpha value is -1.62. The molecular weight excluding hydrogens is 222 g/mol. The summed E-state index contributed by atoms with van der Waals surface area (Å²) in [5.74, 6) is 0.0744. The highest BCUT2D eigenvalue weighted by atomic mass is 16.6. The Morgan fingerprint density at radius 2 is 2.06 bits per heavy atom. The molecule has 0 aliphatic heterocycles. The van der Waals surface area contributed by atoms with Crippen molar-refractivity contribution in [2.75, 3.05) is 14.1 Å². The summed E-state index contributed by atoms with van der Waals surface area (Å²) in [5, 5.41) is 0. The van der Waals surface area contributed by atoms with Crippen molar-refractivity contribution >= 4 is 11.8 Å². The van der Waals surface area contributed by atoms with Crippen molar-refractivity contribution in [2.24, 2.45) is 0 Å². The molecule has 0 saturated carbocycles. The summed E-state index contributed by atoms with van der Waals surface area (Å²) in [7, 11) is 3.83. The number of hydrogen-bond donors (Lipinski definition) is 0. The molecule has 0 spiro atoms. The first-order chi connectivity index (χ1) is 7.88. The lowest BCUT2D eigenvalue weighted by Gasteiger charge is -2.05. The monoisotopic (exact) mass is 239 g/mol. The van der Waals surface area contributed by atoms with Crippen molar-refractivity contribution in [1.29, 1.82) is 0 Å². The molecule has 0 aliphatic carbocycles. The van der Waals surface area contributed by atoms with Crippen LogP contribution in [0.4, 0.5) is 0 Å². The van der Waals surface area contributed by atoms with E-state index in [2.05, 4.69) is 0 Å². The van der Waals surface area contributed by atoms with Gasteiger partial charge in [-0.2, -0.15) is 0 Å². The summed E-state index contributed by atoms with van der Waals surface area (Å²) in [6.45, 7) is 3.76. The van der Waals surface area contributed by atoms with Crippen LogP contribution in [0.1, 0.15) is 24.7 Å². The smallest absolute Gasteiger partial charge is 0.321 e. The van der Waals surface area contributed by atoms with Gasteiger partial charge < -0.3 is 14.1 Å². The van der Waals surface area contributed by atoms with Crippen LogP contribution >= 0.6 is 0 Å². The van der Waals surface area contributed by atoms with Crippen LogP contribution in [0.2, 0.25) is 0 Å². The van der Waals surface area contributed by atoms with E-state index in [-0.39, 0.29) is 18.2 Å². The Kier molecular flexibility index (Phi) is 4.45. The molecule has 0 radical (unpaired) electrons. The van der Waals surface area contributed by atoms with Gasteiger partial charge in [0.2, 0.25) is 0 Å². The molecule has 0 fully saturated rings. The van der Waals surface area contributed by atoms with Gasteiger partial charge in [-0.1, -0.05) is 0 Å². The lowest BCUT2D eigenvalue weighted by Crippen LogP contribution is -2.12. The third kappa shape index (κ3) is 4.40. The number of furan rings is 1. The zero-order valence-corrected chi connectivity index (χ0v) is 10.6. The van der Waals surface area contributed by atoms with Crippen LogP contribution in [-0.4, -0.2) is 30.7 Å². The molecule has 5 nitrogen and oxygen atoms in total. The van der Waals surface area contributed by atoms with Crippen LogP contribution < -0.4 is 4.74 Å². The molecule has 0 atom stereocenters. The first-order valence-corrected chi connectivity index (χ1v) is 5.32. The summed E-state index contributed by atoms with van der Waals surface area (Å²) in [4.78, 5) is 24.0. The standard InChI is InChI=1S/C12H17NO4/c1-8-5-10(7-13(3)4)16-12(8)17-11(15)6-9(2)14/h5H,6-7H2,1-4H3. The second kappa shape index (κ2) is 5.63. The Balaban J connectivity index is 2.68. The van der Waals surface area contributed by atoms with Crippen LogP contribution in [-0.2, 0) is 16.1 Å². The van der Waals surface area contributed by atoms with E-state index in [9.17, 15) is 9.59 Å². The van der Waals surface area contributed by atoms with Crippen molar-refractivity contribution in [2.45, 2.75) is 26.8 Å². The van der Waals surface area contributed by atoms with Crippen LogP contribution in [0.3, 0.4) is 0 Å². The number of hydrogen-bond acceptors (Lipinski definition) is 5. The maximum atomic E-state index is 11.3. The van der Waals surface area contributed by atoms with E-state index in [0.29, 0.717) is 6.54 Å². The summed E-state index contributed by atoms with van der Waals surface area (Å²) in [6.07, 6.45) is -0.233. The molecule has 0 unspecified atom stereocenters. The van der Waals surface area contributed by atoms with E-state index in [1.807, 2.05) is 25.1 Å². The maximum absolute atomic E-state index is 11.3. The average molecular weight is 239 g/mol. The normalized spacial score (nSPS) is 10.6. The quantitative estimate of drug-likeness (QED) is 0.576. The van der Waals surface area contributed by atoms with Crippen molar-refractivity contribution in [3.05, 3.63) is 17.4 Å². The molecule has 17 heavy (non-hydrogen) atoms. The van der Waals surface area contributed by atoms with Gasteiger partial charge in [-0.3, -0.25) is 9.59 Å². The van der Waals surface area contributed by atoms with Gasteiger partial charge in [0, 0.05) is 5.56 Å². The fourth-order valence-electron chi connectivity index (χ4n) is 1.36. The lowest BCUT2D eigenvalue weighted by atomic mass is 10.3. The molecule has 0 N–H and O–H groups in total. The molecule has 1 rings (SSSR count). The zero-order valence-electron chi connectivity index (χ0n) is 10.6. The fourth-order valence-corrected chi connectivity index (χ4v) is 1.36. The van der Waals surface area contributed by atoms with Crippen LogP contribution in [0.5, 0.6) is 5.95 Å². The van der Waals surface area contributed by atoms with Gasteiger partial charge in [0.25, 0.3) is 5.95 Å². The molecule has 5 heteroatoms. The largest absolute Gasteiger partial charge is 0.429 e. The van der Waals surface area contributed by atoms with Crippen LogP contribution in [0.15, 0.2) is 10.5 Å². The minimum atomic E-state index is -0.591. The number of rotatable bonds is 5. The number of ketones is 1. The molecular formula is C12H17NO4. The molecule has 1 aromatic heterocycles. The summed E-state index contributed by atoms with van der Waals surface area (Å²) < 4.78 is 10.4. The Morgan fingerprint density at radius 1 is 1.41 bits per heavy atom. The summed E-state index contributed by atoms with van der Waals surface area (Å²) >= 11 is 0. The number of esters is 1. The van der Waals surface area contributed by atoms with E-state index in [0.717, 1.165) is 11.3 Å². The molecule has 1 heterocycles. The van der Waals surface area contributed by atoms with Crippen molar-refractivity contribution in [3.63, 3.8) is 0 Å². The number of ether oxygens (including phenoxy) is 1. The second-order valence-electron chi connectivity index (χ2n) is 4.27. The number of carbonyl (C=O) groups is 2. The van der Waals surface area contributed by atoms with Crippen molar-refractivity contribution < 1.29 is 18.7 Å². The number of nitrogens with zero attached hydrogens (tertiary/aromatic N) is 1. The first-order valence-electron chi connectivity index (χ1n) is 5.32. The zero-order chi connectivity index (χ0) is 13.0. The third-order valence-corrected chi connectivity index (χ3v) is 2.00. The van der Waals surface area contributed by atoms with E-state index in [4.69, 9.17) is 9.15 Å². The molecule has 0 amide bonds. The van der Waals surface area contributed by atoms with E-state index >= 15 is 0 Å². The second-order valence-corrected chi connectivity index (χ2v) is 4.27. The van der Waals surface area contributed by atoms with Crippen molar-refractivity contribution in [3.8, 4) is 5.95 Å². The first kappa shape index (κ1) is 13.4. The van der Waals surface area contributed by atoms with Gasteiger partial charge in [0.05, 0.1) is 6.54 Å². The van der Waals surface area contributed by atoms with Gasteiger partial charge >= 0.3 is 5.97 Å². The minimum absolute atomic E-state index is 0.174. The summed E-state index contributed by atoms with van der Waals surface area (Å²) in [6, 6.07) is 1.82. The van der Waals surface area contributed by atoms with E-state index in [1.54, 1.807) is 6.92 Å². The number of Topliss-reactive ketones (excluding diaryl/α,β-unsaturated/α-hetero) is 1. The fraction of sp³-hybridized carbons (Fsp3) is 0.500. The molecule has 1 aromatic rings. The van der Waals surface area contributed by atoms with Gasteiger partial charge in [-0.25, -0.2) is 0 Å². The third-order valence-electron chi connectivity index (χ3n) is 2.00. The number of carbonyl (C=O) groups excluding carboxylic acids is 2. The van der Waals surface area contributed by atoms with Crippen molar-refractivity contribution in [1.82, 2.24) is 4.90 Å². The van der Waals surface area contributed by atoms with Crippen LogP contribution in [0, 0.1) is 6.92 Å². The molecule has 0 bridgehead atoms. The topological polar surface area (TPSA) is 59.8 Å². The Morgan fingerprint density at radius 3 is 2.59 bits per heavy atom. The predicted molar refractivity (Wildman–Crippen MR) is 61.8 cm³/mol.